The highest BCUT2D eigenvalue weighted by molar-refractivity contribution is 9.10. The van der Waals surface area contributed by atoms with Crippen molar-refractivity contribution in [1.82, 2.24) is 19.2 Å². The maximum absolute atomic E-state index is 13.0. The molecular formula is C19H11BrN4OS. The van der Waals surface area contributed by atoms with Crippen LogP contribution in [0.3, 0.4) is 0 Å². The fourth-order valence-corrected chi connectivity index (χ4v) is 4.07. The number of fused-ring (bicyclic) bond motifs is 2. The Hall–Kier alpha value is -2.77. The van der Waals surface area contributed by atoms with Gasteiger partial charge in [-0.05, 0) is 29.7 Å². The number of hydrogen-bond donors (Lipinski definition) is 0. The lowest BCUT2D eigenvalue weighted by Crippen LogP contribution is -2.20. The topological polar surface area (TPSA) is 52.2 Å². The van der Waals surface area contributed by atoms with Crippen LogP contribution in [0.25, 0.3) is 32.1 Å². The van der Waals surface area contributed by atoms with E-state index in [9.17, 15) is 4.79 Å². The Bertz CT molecular complexity index is 1320. The van der Waals surface area contributed by atoms with Gasteiger partial charge in [-0.3, -0.25) is 4.79 Å². The standard InChI is InChI=1S/C19H11BrN4OS/c20-14-7-5-13(6-8-14)17-22-24-18(25)16(11-21-19(24)26-17)23-10-9-12-3-1-2-4-15(12)23/h1-11H. The van der Waals surface area contributed by atoms with Crippen molar-refractivity contribution >= 4 is 43.1 Å². The molecule has 0 saturated carbocycles. The third-order valence-electron chi connectivity index (χ3n) is 4.22. The van der Waals surface area contributed by atoms with Gasteiger partial charge in [0.25, 0.3) is 5.56 Å². The van der Waals surface area contributed by atoms with E-state index in [0.29, 0.717) is 10.6 Å². The molecule has 26 heavy (non-hydrogen) atoms. The molecule has 0 bridgehead atoms. The van der Waals surface area contributed by atoms with E-state index in [-0.39, 0.29) is 5.56 Å². The third kappa shape index (κ3) is 2.40. The lowest BCUT2D eigenvalue weighted by molar-refractivity contribution is 0.879. The predicted molar refractivity (Wildman–Crippen MR) is 107 cm³/mol. The van der Waals surface area contributed by atoms with Crippen LogP contribution in [0.15, 0.2) is 76.3 Å². The van der Waals surface area contributed by atoms with Crippen LogP contribution >= 0.6 is 27.3 Å². The molecule has 3 aromatic heterocycles. The maximum Gasteiger partial charge on any atom is 0.299 e. The summed E-state index contributed by atoms with van der Waals surface area (Å²) < 4.78 is 4.24. The van der Waals surface area contributed by atoms with Crippen LogP contribution < -0.4 is 5.56 Å². The molecule has 0 aliphatic carbocycles. The molecule has 0 aliphatic rings. The van der Waals surface area contributed by atoms with Gasteiger partial charge in [-0.15, -0.1) is 0 Å². The first-order valence-corrected chi connectivity index (χ1v) is 9.53. The number of nitrogens with zero attached hydrogens (tertiary/aromatic N) is 4. The van der Waals surface area contributed by atoms with Gasteiger partial charge in [-0.2, -0.15) is 9.61 Å². The Morgan fingerprint density at radius 1 is 1.00 bits per heavy atom. The Morgan fingerprint density at radius 3 is 2.65 bits per heavy atom. The van der Waals surface area contributed by atoms with Gasteiger partial charge in [-0.1, -0.05) is 57.6 Å². The molecule has 0 amide bonds. The van der Waals surface area contributed by atoms with Crippen LogP contribution in [0, 0.1) is 0 Å². The maximum atomic E-state index is 13.0. The molecular weight excluding hydrogens is 412 g/mol. The van der Waals surface area contributed by atoms with Gasteiger partial charge in [0.05, 0.1) is 11.7 Å². The third-order valence-corrected chi connectivity index (χ3v) is 5.72. The van der Waals surface area contributed by atoms with Gasteiger partial charge in [0.1, 0.15) is 10.7 Å². The zero-order chi connectivity index (χ0) is 17.7. The second-order valence-corrected chi connectivity index (χ2v) is 7.67. The molecule has 5 nitrogen and oxygen atoms in total. The van der Waals surface area contributed by atoms with E-state index < -0.39 is 0 Å². The molecule has 0 N–H and O–H groups in total. The monoisotopic (exact) mass is 422 g/mol. The van der Waals surface area contributed by atoms with Crippen LogP contribution in [0.1, 0.15) is 0 Å². The highest BCUT2D eigenvalue weighted by atomic mass is 79.9. The summed E-state index contributed by atoms with van der Waals surface area (Å²) in [6, 6.07) is 17.8. The van der Waals surface area contributed by atoms with Crippen molar-refractivity contribution in [3.05, 3.63) is 81.8 Å². The van der Waals surface area contributed by atoms with Crippen molar-refractivity contribution in [3.63, 3.8) is 0 Å². The van der Waals surface area contributed by atoms with Crippen molar-refractivity contribution < 1.29 is 0 Å². The number of hydrogen-bond acceptors (Lipinski definition) is 4. The highest BCUT2D eigenvalue weighted by Gasteiger charge is 2.14. The minimum Gasteiger partial charge on any atom is -0.310 e. The highest BCUT2D eigenvalue weighted by Crippen LogP contribution is 2.26. The van der Waals surface area contributed by atoms with Crippen LogP contribution in [-0.2, 0) is 0 Å². The Balaban J connectivity index is 1.70. The molecule has 0 fully saturated rings. The minimum atomic E-state index is -0.184. The summed E-state index contributed by atoms with van der Waals surface area (Å²) >= 11 is 4.82. The van der Waals surface area contributed by atoms with Gasteiger partial charge >= 0.3 is 0 Å². The van der Waals surface area contributed by atoms with Crippen molar-refractivity contribution in [1.29, 1.82) is 0 Å². The average molecular weight is 423 g/mol. The molecule has 0 radical (unpaired) electrons. The van der Waals surface area contributed by atoms with Gasteiger partial charge in [0, 0.05) is 16.2 Å². The second-order valence-electron chi connectivity index (χ2n) is 5.80. The molecule has 0 atom stereocenters. The molecule has 2 aromatic carbocycles. The zero-order valence-corrected chi connectivity index (χ0v) is 15.7. The molecule has 3 heterocycles. The zero-order valence-electron chi connectivity index (χ0n) is 13.3. The van der Waals surface area contributed by atoms with E-state index in [0.717, 1.165) is 25.9 Å². The molecule has 7 heteroatoms. The quantitative estimate of drug-likeness (QED) is 0.420. The van der Waals surface area contributed by atoms with E-state index in [2.05, 4.69) is 26.0 Å². The SMILES string of the molecule is O=c1c(-n2ccc3ccccc32)cnc2sc(-c3ccc(Br)cc3)nn12. The van der Waals surface area contributed by atoms with Crippen LogP contribution in [0.4, 0.5) is 0 Å². The molecule has 0 spiro atoms. The summed E-state index contributed by atoms with van der Waals surface area (Å²) in [5.74, 6) is 0. The molecule has 5 aromatic rings. The summed E-state index contributed by atoms with van der Waals surface area (Å²) in [7, 11) is 0. The fourth-order valence-electron chi connectivity index (χ4n) is 2.94. The molecule has 126 valence electrons. The largest absolute Gasteiger partial charge is 0.310 e. The molecule has 5 rings (SSSR count). The van der Waals surface area contributed by atoms with Gasteiger partial charge in [-0.25, -0.2) is 4.98 Å². The summed E-state index contributed by atoms with van der Waals surface area (Å²) in [4.78, 5) is 18.0. The van der Waals surface area contributed by atoms with Crippen LogP contribution in [-0.4, -0.2) is 19.2 Å². The van der Waals surface area contributed by atoms with Crippen molar-refractivity contribution in [2.24, 2.45) is 0 Å². The Kier molecular flexibility index (Phi) is 3.51. The van der Waals surface area contributed by atoms with E-state index in [4.69, 9.17) is 0 Å². The normalized spacial score (nSPS) is 11.4. The molecule has 0 aliphatic heterocycles. The van der Waals surface area contributed by atoms with E-state index in [1.54, 1.807) is 6.20 Å². The Morgan fingerprint density at radius 2 is 1.81 bits per heavy atom. The first kappa shape index (κ1) is 15.5. The number of halogens is 1. The van der Waals surface area contributed by atoms with Crippen molar-refractivity contribution in [3.8, 4) is 16.3 Å². The fraction of sp³-hybridized carbons (Fsp3) is 0. The summed E-state index contributed by atoms with van der Waals surface area (Å²) in [6.45, 7) is 0. The number of benzene rings is 2. The number of aromatic nitrogens is 4. The smallest absolute Gasteiger partial charge is 0.299 e. The number of para-hydroxylation sites is 1. The average Bonchev–Trinajstić information content (AvgIpc) is 3.28. The lowest BCUT2D eigenvalue weighted by atomic mass is 10.2. The van der Waals surface area contributed by atoms with Crippen LogP contribution in [0.5, 0.6) is 0 Å². The first-order chi connectivity index (χ1) is 12.7. The summed E-state index contributed by atoms with van der Waals surface area (Å²) in [5, 5.41) is 6.33. The van der Waals surface area contributed by atoms with Crippen molar-refractivity contribution in [2.45, 2.75) is 0 Å². The van der Waals surface area contributed by atoms with E-state index in [1.165, 1.54) is 15.9 Å². The van der Waals surface area contributed by atoms with E-state index >= 15 is 0 Å². The summed E-state index contributed by atoms with van der Waals surface area (Å²) in [5.41, 5.74) is 2.22. The molecule has 0 saturated heterocycles. The minimum absolute atomic E-state index is 0.184. The van der Waals surface area contributed by atoms with Gasteiger partial charge in [0.15, 0.2) is 0 Å². The molecule has 0 unspecified atom stereocenters. The van der Waals surface area contributed by atoms with Gasteiger partial charge < -0.3 is 4.57 Å². The predicted octanol–water partition coefficient (Wildman–Crippen LogP) is 4.52. The number of rotatable bonds is 2. The summed E-state index contributed by atoms with van der Waals surface area (Å²) in [6.07, 6.45) is 3.51. The first-order valence-electron chi connectivity index (χ1n) is 7.92. The van der Waals surface area contributed by atoms with Crippen molar-refractivity contribution in [2.75, 3.05) is 0 Å². The van der Waals surface area contributed by atoms with E-state index in [1.807, 2.05) is 65.4 Å². The van der Waals surface area contributed by atoms with Gasteiger partial charge in [0.2, 0.25) is 4.96 Å². The Labute approximate surface area is 160 Å². The second kappa shape index (κ2) is 5.89. The lowest BCUT2D eigenvalue weighted by Gasteiger charge is -2.03. The van der Waals surface area contributed by atoms with Crippen LogP contribution in [0.2, 0.25) is 0 Å².